The first-order valence-electron chi connectivity index (χ1n) is 21.6. The third-order valence-corrected chi connectivity index (χ3v) is 15.3. The Labute approximate surface area is 339 Å². The molecule has 0 aromatic carbocycles. The van der Waals surface area contributed by atoms with Crippen LogP contribution in [0.3, 0.4) is 0 Å². The molecule has 0 radical (unpaired) electrons. The van der Waals surface area contributed by atoms with E-state index in [0.717, 1.165) is 102 Å². The van der Waals surface area contributed by atoms with Crippen molar-refractivity contribution in [3.05, 3.63) is 0 Å². The van der Waals surface area contributed by atoms with Crippen LogP contribution in [-0.2, 0) is 32.2 Å². The van der Waals surface area contributed by atoms with Gasteiger partial charge in [0.1, 0.15) is 12.2 Å². The third-order valence-electron chi connectivity index (χ3n) is 12.2. The second-order valence-corrected chi connectivity index (χ2v) is 20.1. The number of alkyl carbamates (subject to hydrolysis) is 2. The maximum atomic E-state index is 12.7. The Balaban J connectivity index is 1.80. The lowest BCUT2D eigenvalue weighted by molar-refractivity contribution is -0.0667. The van der Waals surface area contributed by atoms with Crippen molar-refractivity contribution in [1.82, 2.24) is 20.4 Å². The van der Waals surface area contributed by atoms with Gasteiger partial charge in [0.25, 0.3) is 0 Å². The van der Waals surface area contributed by atoms with E-state index in [1.54, 1.807) is 21.3 Å². The van der Waals surface area contributed by atoms with Crippen LogP contribution < -0.4 is 10.6 Å². The zero-order valence-corrected chi connectivity index (χ0v) is 38.9. The zero-order chi connectivity index (χ0) is 40.5. The number of rotatable bonds is 29. The molecule has 324 valence electrons. The van der Waals surface area contributed by atoms with E-state index in [-0.39, 0.29) is 42.0 Å². The van der Waals surface area contributed by atoms with Crippen molar-refractivity contribution in [2.24, 2.45) is 17.3 Å². The van der Waals surface area contributed by atoms with Crippen molar-refractivity contribution in [3.63, 3.8) is 0 Å². The molecule has 2 saturated carbocycles. The SMILES string of the molecule is CCN(CC)CC(COC1CCC(C(C)(C)C2CCC(OCC(CN(CC)CC)OC(=O)NCCC[SiH](OC)OC)CC2)CC1)OC(=O)NCCC[SiH2]OC. The Morgan fingerprint density at radius 1 is 0.691 bits per heavy atom. The highest BCUT2D eigenvalue weighted by atomic mass is 28.3. The van der Waals surface area contributed by atoms with Crippen LogP contribution in [0.4, 0.5) is 9.59 Å². The number of hydrogen-bond acceptors (Lipinski definition) is 11. The Morgan fingerprint density at radius 2 is 1.11 bits per heavy atom. The minimum Gasteiger partial charge on any atom is -0.442 e. The molecular formula is C40H82N4O9Si2. The number of amides is 2. The van der Waals surface area contributed by atoms with Crippen molar-refractivity contribution < 1.29 is 41.8 Å². The number of nitrogens with one attached hydrogen (secondary N) is 2. The second-order valence-electron chi connectivity index (χ2n) is 16.1. The van der Waals surface area contributed by atoms with Crippen molar-refractivity contribution in [2.45, 2.75) is 142 Å². The zero-order valence-electron chi connectivity index (χ0n) is 36.4. The number of ether oxygens (including phenoxy) is 4. The summed E-state index contributed by atoms with van der Waals surface area (Å²) in [4.78, 5) is 29.9. The molecule has 2 unspecified atom stereocenters. The van der Waals surface area contributed by atoms with Crippen LogP contribution in [0, 0.1) is 17.3 Å². The lowest BCUT2D eigenvalue weighted by atomic mass is 9.60. The van der Waals surface area contributed by atoms with E-state index in [2.05, 4.69) is 62.0 Å². The van der Waals surface area contributed by atoms with Crippen LogP contribution in [0.1, 0.15) is 106 Å². The highest BCUT2D eigenvalue weighted by Crippen LogP contribution is 2.49. The van der Waals surface area contributed by atoms with Gasteiger partial charge in [-0.2, -0.15) is 0 Å². The quantitative estimate of drug-likeness (QED) is 0.0736. The summed E-state index contributed by atoms with van der Waals surface area (Å²) in [6.45, 7) is 20.4. The molecule has 0 aliphatic heterocycles. The van der Waals surface area contributed by atoms with Crippen molar-refractivity contribution in [1.29, 1.82) is 0 Å². The highest BCUT2D eigenvalue weighted by molar-refractivity contribution is 6.44. The molecule has 2 aliphatic rings. The van der Waals surface area contributed by atoms with Gasteiger partial charge in [-0.05, 0) is 120 Å². The predicted octanol–water partition coefficient (Wildman–Crippen LogP) is 5.48. The van der Waals surface area contributed by atoms with Crippen LogP contribution in [-0.4, -0.2) is 152 Å². The molecule has 55 heavy (non-hydrogen) atoms. The molecule has 0 aromatic rings. The molecule has 0 saturated heterocycles. The van der Waals surface area contributed by atoms with Gasteiger partial charge in [-0.25, -0.2) is 9.59 Å². The van der Waals surface area contributed by atoms with E-state index in [9.17, 15) is 9.59 Å². The maximum Gasteiger partial charge on any atom is 0.407 e. The fraction of sp³-hybridized carbons (Fsp3) is 0.950. The summed E-state index contributed by atoms with van der Waals surface area (Å²) < 4.78 is 40.7. The molecule has 2 fully saturated rings. The average molecular weight is 819 g/mol. The van der Waals surface area contributed by atoms with Gasteiger partial charge in [-0.1, -0.05) is 41.5 Å². The first-order valence-corrected chi connectivity index (χ1v) is 25.0. The lowest BCUT2D eigenvalue weighted by Crippen LogP contribution is -2.42. The van der Waals surface area contributed by atoms with Crippen molar-refractivity contribution >= 4 is 31.2 Å². The van der Waals surface area contributed by atoms with Gasteiger partial charge in [0.2, 0.25) is 0 Å². The van der Waals surface area contributed by atoms with Gasteiger partial charge < -0.3 is 52.7 Å². The van der Waals surface area contributed by atoms with Crippen LogP contribution in [0.2, 0.25) is 12.1 Å². The molecule has 2 amide bonds. The number of nitrogens with zero attached hydrogens (tertiary/aromatic N) is 2. The topological polar surface area (TPSA) is 129 Å². The van der Waals surface area contributed by atoms with Crippen molar-refractivity contribution in [3.8, 4) is 0 Å². The third kappa shape index (κ3) is 19.8. The smallest absolute Gasteiger partial charge is 0.407 e. The molecule has 2 rings (SSSR count). The number of hydrogen-bond donors (Lipinski definition) is 2. The lowest BCUT2D eigenvalue weighted by Gasteiger charge is -2.46. The normalized spacial score (nSPS) is 22.0. The standard InChI is InChI=1S/C40H82N4O9Si2/c1-10-43(11-2)28-36(52-38(45)41-24-14-26-54-47-7)30-50-34-20-16-32(17-21-34)40(5,6)33-18-22-35(23-19-33)51-31-37(29-44(12-3)13-4)53-39(46)42-25-15-27-55(48-8)49-9/h32-37,55H,10-31,54H2,1-9H3,(H,41,45)(H,42,46). The number of carbonyl (C=O) groups excluding carboxylic acids is 2. The molecule has 0 bridgehead atoms. The summed E-state index contributed by atoms with van der Waals surface area (Å²) in [6.07, 6.45) is 9.57. The van der Waals surface area contributed by atoms with Crippen LogP contribution in [0.25, 0.3) is 0 Å². The highest BCUT2D eigenvalue weighted by Gasteiger charge is 2.41. The largest absolute Gasteiger partial charge is 0.442 e. The molecule has 2 N–H and O–H groups in total. The summed E-state index contributed by atoms with van der Waals surface area (Å²) in [5.74, 6) is 1.32. The van der Waals surface area contributed by atoms with Crippen LogP contribution >= 0.6 is 0 Å². The van der Waals surface area contributed by atoms with Gasteiger partial charge in [0, 0.05) is 47.5 Å². The summed E-state index contributed by atoms with van der Waals surface area (Å²) in [5, 5.41) is 5.82. The fourth-order valence-electron chi connectivity index (χ4n) is 8.29. The van der Waals surface area contributed by atoms with E-state index in [0.29, 0.717) is 51.2 Å². The molecular weight excluding hydrogens is 737 g/mol. The molecule has 0 heterocycles. The maximum absolute atomic E-state index is 12.7. The first-order chi connectivity index (χ1) is 26.5. The van der Waals surface area contributed by atoms with Gasteiger partial charge in [0.05, 0.1) is 25.4 Å². The molecule has 13 nitrogen and oxygen atoms in total. The average Bonchev–Trinajstić information content (AvgIpc) is 3.20. The molecule has 15 heteroatoms. The van der Waals surface area contributed by atoms with Gasteiger partial charge in [-0.15, -0.1) is 0 Å². The second kappa shape index (κ2) is 29.0. The van der Waals surface area contributed by atoms with Gasteiger partial charge in [0.15, 0.2) is 9.76 Å². The molecule has 0 spiro atoms. The first kappa shape index (κ1) is 49.8. The summed E-state index contributed by atoms with van der Waals surface area (Å²) in [7, 11) is 3.01. The Kier molecular flexibility index (Phi) is 26.3. The van der Waals surface area contributed by atoms with Gasteiger partial charge >= 0.3 is 21.5 Å². The molecule has 0 aromatic heterocycles. The van der Waals surface area contributed by atoms with E-state index >= 15 is 0 Å². The number of carbonyl (C=O) groups is 2. The monoisotopic (exact) mass is 819 g/mol. The van der Waals surface area contributed by atoms with E-state index in [1.807, 2.05) is 0 Å². The van der Waals surface area contributed by atoms with Crippen molar-refractivity contribution in [2.75, 3.05) is 86.9 Å². The van der Waals surface area contributed by atoms with E-state index < -0.39 is 19.0 Å². The summed E-state index contributed by atoms with van der Waals surface area (Å²) in [5.41, 5.74) is 0.246. The molecule has 2 aliphatic carbocycles. The van der Waals surface area contributed by atoms with E-state index in [4.69, 9.17) is 32.2 Å². The van der Waals surface area contributed by atoms with E-state index in [1.165, 1.54) is 0 Å². The summed E-state index contributed by atoms with van der Waals surface area (Å²) >= 11 is 0. The fourth-order valence-corrected chi connectivity index (χ4v) is 10.2. The minimum absolute atomic E-state index is 0.193. The minimum atomic E-state index is -1.63. The Morgan fingerprint density at radius 3 is 1.49 bits per heavy atom. The Hall–Kier alpha value is -1.31. The summed E-state index contributed by atoms with van der Waals surface area (Å²) in [6, 6.07) is 1.88. The molecule has 2 atom stereocenters. The van der Waals surface area contributed by atoms with Gasteiger partial charge in [-0.3, -0.25) is 0 Å². The predicted molar refractivity (Wildman–Crippen MR) is 225 cm³/mol. The van der Waals surface area contributed by atoms with Crippen LogP contribution in [0.5, 0.6) is 0 Å². The Bertz CT molecular complexity index is 992. The van der Waals surface area contributed by atoms with Crippen LogP contribution in [0.15, 0.2) is 0 Å². The number of likely N-dealkylation sites (N-methyl/N-ethyl adjacent to an activating group) is 2.